The van der Waals surface area contributed by atoms with Gasteiger partial charge in [0, 0.05) is 18.5 Å². The largest absolute Gasteiger partial charge is 0.353 e. The van der Waals surface area contributed by atoms with Crippen molar-refractivity contribution in [2.24, 2.45) is 11.8 Å². The smallest absolute Gasteiger partial charge is 0.220 e. The number of carbonyl (C=O) groups excluding carboxylic acids is 1. The van der Waals surface area contributed by atoms with E-state index in [4.69, 9.17) is 0 Å². The van der Waals surface area contributed by atoms with Crippen LogP contribution >= 0.6 is 12.4 Å². The Morgan fingerprint density at radius 3 is 2.59 bits per heavy atom. The minimum Gasteiger partial charge on any atom is -0.353 e. The molecule has 4 heteroatoms. The highest BCUT2D eigenvalue weighted by Gasteiger charge is 2.21. The van der Waals surface area contributed by atoms with Gasteiger partial charge in [-0.2, -0.15) is 0 Å². The molecule has 3 atom stereocenters. The van der Waals surface area contributed by atoms with Gasteiger partial charge in [0.1, 0.15) is 0 Å². The summed E-state index contributed by atoms with van der Waals surface area (Å²) in [5, 5.41) is 6.55. The van der Waals surface area contributed by atoms with E-state index in [1.807, 2.05) is 0 Å². The molecule has 0 bridgehead atoms. The van der Waals surface area contributed by atoms with Crippen LogP contribution in [0.1, 0.15) is 47.0 Å². The van der Waals surface area contributed by atoms with Gasteiger partial charge < -0.3 is 10.6 Å². The Balaban J connectivity index is 0.00000256. The summed E-state index contributed by atoms with van der Waals surface area (Å²) in [6.07, 6.45) is 2.78. The van der Waals surface area contributed by atoms with Gasteiger partial charge in [0.2, 0.25) is 5.91 Å². The molecular weight excluding hydrogens is 236 g/mol. The van der Waals surface area contributed by atoms with Crippen molar-refractivity contribution in [2.45, 2.75) is 59.0 Å². The number of halogens is 1. The van der Waals surface area contributed by atoms with E-state index >= 15 is 0 Å². The van der Waals surface area contributed by atoms with Crippen molar-refractivity contribution in [3.05, 3.63) is 0 Å². The highest BCUT2D eigenvalue weighted by atomic mass is 35.5. The zero-order chi connectivity index (χ0) is 12.1. The van der Waals surface area contributed by atoms with Crippen LogP contribution in [0.4, 0.5) is 0 Å². The number of carbonyl (C=O) groups is 1. The fraction of sp³-hybridized carbons (Fsp3) is 0.923. The van der Waals surface area contributed by atoms with Gasteiger partial charge in [-0.1, -0.05) is 20.8 Å². The lowest BCUT2D eigenvalue weighted by Gasteiger charge is -2.29. The molecule has 102 valence electrons. The summed E-state index contributed by atoms with van der Waals surface area (Å²) >= 11 is 0. The molecule has 0 aromatic heterocycles. The second kappa shape index (κ2) is 7.93. The summed E-state index contributed by atoms with van der Waals surface area (Å²) in [4.78, 5) is 11.8. The third-order valence-corrected chi connectivity index (χ3v) is 3.63. The molecule has 2 N–H and O–H groups in total. The zero-order valence-corrected chi connectivity index (χ0v) is 12.3. The Morgan fingerprint density at radius 1 is 1.41 bits per heavy atom. The van der Waals surface area contributed by atoms with E-state index in [-0.39, 0.29) is 18.3 Å². The topological polar surface area (TPSA) is 41.1 Å². The third-order valence-electron chi connectivity index (χ3n) is 3.63. The van der Waals surface area contributed by atoms with Gasteiger partial charge in [0.05, 0.1) is 0 Å². The first-order valence-corrected chi connectivity index (χ1v) is 6.51. The summed E-state index contributed by atoms with van der Waals surface area (Å²) < 4.78 is 0. The van der Waals surface area contributed by atoms with Gasteiger partial charge in [0.15, 0.2) is 0 Å². The maximum absolute atomic E-state index is 11.8. The van der Waals surface area contributed by atoms with Crippen LogP contribution in [0.2, 0.25) is 0 Å². The maximum Gasteiger partial charge on any atom is 0.220 e. The molecule has 1 heterocycles. The Morgan fingerprint density at radius 2 is 2.06 bits per heavy atom. The summed E-state index contributed by atoms with van der Waals surface area (Å²) in [6.45, 7) is 9.69. The van der Waals surface area contributed by atoms with E-state index < -0.39 is 0 Å². The van der Waals surface area contributed by atoms with Crippen LogP contribution in [0.3, 0.4) is 0 Å². The summed E-state index contributed by atoms with van der Waals surface area (Å²) in [7, 11) is 0. The van der Waals surface area contributed by atoms with Gasteiger partial charge in [-0.3, -0.25) is 4.79 Å². The average Bonchev–Trinajstić information content (AvgIpc) is 2.16. The van der Waals surface area contributed by atoms with Gasteiger partial charge in [-0.25, -0.2) is 0 Å². The Bertz CT molecular complexity index is 233. The van der Waals surface area contributed by atoms with Gasteiger partial charge >= 0.3 is 0 Å². The van der Waals surface area contributed by atoms with E-state index in [1.165, 1.54) is 0 Å². The van der Waals surface area contributed by atoms with Crippen molar-refractivity contribution in [3.8, 4) is 0 Å². The summed E-state index contributed by atoms with van der Waals surface area (Å²) in [5.74, 6) is 1.28. The number of hydrogen-bond acceptors (Lipinski definition) is 2. The fourth-order valence-electron chi connectivity index (χ4n) is 2.08. The minimum absolute atomic E-state index is 0. The molecule has 3 nitrogen and oxygen atoms in total. The molecule has 1 rings (SSSR count). The number of amides is 1. The third kappa shape index (κ3) is 6.27. The second-order valence-electron chi connectivity index (χ2n) is 5.57. The van der Waals surface area contributed by atoms with E-state index in [9.17, 15) is 4.79 Å². The van der Waals surface area contributed by atoms with Crippen molar-refractivity contribution in [1.29, 1.82) is 0 Å². The molecular formula is C13H27ClN2O. The quantitative estimate of drug-likeness (QED) is 0.817. The molecule has 1 saturated heterocycles. The number of hydrogen-bond donors (Lipinski definition) is 2. The van der Waals surface area contributed by atoms with Crippen molar-refractivity contribution in [1.82, 2.24) is 10.6 Å². The predicted octanol–water partition coefficient (Wildman–Crippen LogP) is 2.35. The SMILES string of the molecule is CC1CC(NC(=O)CC(C)C(C)C)CCN1.Cl. The highest BCUT2D eigenvalue weighted by molar-refractivity contribution is 5.85. The number of nitrogens with one attached hydrogen (secondary N) is 2. The van der Waals surface area contributed by atoms with E-state index in [0.717, 1.165) is 19.4 Å². The van der Waals surface area contributed by atoms with E-state index in [1.54, 1.807) is 0 Å². The van der Waals surface area contributed by atoms with Crippen molar-refractivity contribution >= 4 is 18.3 Å². The lowest BCUT2D eigenvalue weighted by atomic mass is 9.94. The minimum atomic E-state index is 0. The number of rotatable bonds is 4. The fourth-order valence-corrected chi connectivity index (χ4v) is 2.08. The van der Waals surface area contributed by atoms with E-state index in [0.29, 0.717) is 30.3 Å². The van der Waals surface area contributed by atoms with Crippen LogP contribution in [-0.4, -0.2) is 24.5 Å². The number of piperidine rings is 1. The van der Waals surface area contributed by atoms with Crippen LogP contribution in [0, 0.1) is 11.8 Å². The molecule has 0 saturated carbocycles. The van der Waals surface area contributed by atoms with Gasteiger partial charge in [-0.05, 0) is 38.1 Å². The molecule has 0 spiro atoms. The molecule has 0 aliphatic carbocycles. The lowest BCUT2D eigenvalue weighted by molar-refractivity contribution is -0.123. The maximum atomic E-state index is 11.8. The lowest BCUT2D eigenvalue weighted by Crippen LogP contribution is -2.46. The van der Waals surface area contributed by atoms with Crippen LogP contribution in [0.5, 0.6) is 0 Å². The Kier molecular flexibility index (Phi) is 7.80. The first-order valence-electron chi connectivity index (χ1n) is 6.51. The van der Waals surface area contributed by atoms with Crippen molar-refractivity contribution in [3.63, 3.8) is 0 Å². The normalized spacial score (nSPS) is 26.2. The van der Waals surface area contributed by atoms with Crippen molar-refractivity contribution in [2.75, 3.05) is 6.54 Å². The highest BCUT2D eigenvalue weighted by Crippen LogP contribution is 2.14. The Labute approximate surface area is 112 Å². The van der Waals surface area contributed by atoms with Crippen molar-refractivity contribution < 1.29 is 4.79 Å². The van der Waals surface area contributed by atoms with Gasteiger partial charge in [0.25, 0.3) is 0 Å². The zero-order valence-electron chi connectivity index (χ0n) is 11.5. The molecule has 17 heavy (non-hydrogen) atoms. The van der Waals surface area contributed by atoms with Gasteiger partial charge in [-0.15, -0.1) is 12.4 Å². The second-order valence-corrected chi connectivity index (χ2v) is 5.57. The first kappa shape index (κ1) is 16.7. The molecule has 3 unspecified atom stereocenters. The molecule has 1 fully saturated rings. The predicted molar refractivity (Wildman–Crippen MR) is 74.5 cm³/mol. The molecule has 1 aliphatic rings. The van der Waals surface area contributed by atoms with Crippen LogP contribution in [0.25, 0.3) is 0 Å². The Hall–Kier alpha value is -0.280. The standard InChI is InChI=1S/C13H26N2O.ClH/c1-9(2)10(3)7-13(16)15-12-5-6-14-11(4)8-12;/h9-12,14H,5-8H2,1-4H3,(H,15,16);1H. The molecule has 0 aromatic rings. The molecule has 0 aromatic carbocycles. The van der Waals surface area contributed by atoms with E-state index in [2.05, 4.69) is 38.3 Å². The van der Waals surface area contributed by atoms with Crippen LogP contribution < -0.4 is 10.6 Å². The summed E-state index contributed by atoms with van der Waals surface area (Å²) in [5.41, 5.74) is 0. The molecule has 0 radical (unpaired) electrons. The summed E-state index contributed by atoms with van der Waals surface area (Å²) in [6, 6.07) is 0.907. The molecule has 1 aliphatic heterocycles. The monoisotopic (exact) mass is 262 g/mol. The molecule has 1 amide bonds. The average molecular weight is 263 g/mol. The first-order chi connectivity index (χ1) is 7.49. The van der Waals surface area contributed by atoms with Crippen LogP contribution in [0.15, 0.2) is 0 Å². The van der Waals surface area contributed by atoms with Crippen LogP contribution in [-0.2, 0) is 4.79 Å².